The summed E-state index contributed by atoms with van der Waals surface area (Å²) >= 11 is 0. The molecule has 1 amide bonds. The number of hydrogen-bond acceptors (Lipinski definition) is 4. The van der Waals surface area contributed by atoms with Crippen LogP contribution in [0.2, 0.25) is 0 Å². The van der Waals surface area contributed by atoms with Gasteiger partial charge in [0.2, 0.25) is 0 Å². The molecule has 0 aliphatic heterocycles. The molecule has 184 valence electrons. The molecule has 0 spiro atoms. The summed E-state index contributed by atoms with van der Waals surface area (Å²) in [6, 6.07) is 7.72. The highest BCUT2D eigenvalue weighted by molar-refractivity contribution is 6.04. The van der Waals surface area contributed by atoms with Crippen LogP contribution in [0.15, 0.2) is 35.1 Å². The molecule has 3 aromatic rings. The number of aromatic nitrogens is 2. The molecule has 0 bridgehead atoms. The quantitative estimate of drug-likeness (QED) is 0.488. The third-order valence-electron chi connectivity index (χ3n) is 6.03. The molecule has 0 unspecified atom stereocenters. The summed E-state index contributed by atoms with van der Waals surface area (Å²) in [5, 5.41) is 3.32. The van der Waals surface area contributed by atoms with E-state index in [1.807, 2.05) is 26.8 Å². The molecular weight excluding hydrogens is 435 g/mol. The number of likely N-dealkylation sites (N-methyl/N-ethyl adjacent to an activating group) is 1. The SMILES string of the molecule is CCc1cc2c(c(OC(C)C)c(C(=O)NCCN(CC)CC)n2C)c(=O)n1-c1ccc(F)cc1. The van der Waals surface area contributed by atoms with Gasteiger partial charge in [-0.1, -0.05) is 20.8 Å². The maximum atomic E-state index is 13.8. The number of nitrogens with zero attached hydrogens (tertiary/aromatic N) is 3. The van der Waals surface area contributed by atoms with Crippen LogP contribution < -0.4 is 15.6 Å². The molecule has 8 heteroatoms. The second-order valence-electron chi connectivity index (χ2n) is 8.55. The summed E-state index contributed by atoms with van der Waals surface area (Å²) in [7, 11) is 1.77. The molecule has 3 rings (SSSR count). The monoisotopic (exact) mass is 470 g/mol. The Labute approximate surface area is 200 Å². The summed E-state index contributed by atoms with van der Waals surface area (Å²) < 4.78 is 22.9. The van der Waals surface area contributed by atoms with Crippen LogP contribution in [0.1, 0.15) is 50.8 Å². The number of carbonyl (C=O) groups excluding carboxylic acids is 1. The number of benzene rings is 1. The van der Waals surface area contributed by atoms with Crippen molar-refractivity contribution in [2.75, 3.05) is 26.2 Å². The summed E-state index contributed by atoms with van der Waals surface area (Å²) in [5.41, 5.74) is 1.97. The van der Waals surface area contributed by atoms with Crippen LogP contribution >= 0.6 is 0 Å². The number of halogens is 1. The molecule has 0 fully saturated rings. The number of aryl methyl sites for hydroxylation is 2. The Bertz CT molecular complexity index is 1210. The molecule has 0 saturated heterocycles. The topological polar surface area (TPSA) is 68.5 Å². The smallest absolute Gasteiger partial charge is 0.271 e. The highest BCUT2D eigenvalue weighted by Crippen LogP contribution is 2.32. The summed E-state index contributed by atoms with van der Waals surface area (Å²) in [6.07, 6.45) is 0.344. The molecule has 2 aromatic heterocycles. The number of nitrogens with one attached hydrogen (secondary N) is 1. The van der Waals surface area contributed by atoms with Crippen LogP contribution in [0, 0.1) is 5.82 Å². The van der Waals surface area contributed by atoms with E-state index in [2.05, 4.69) is 24.1 Å². The normalized spacial score (nSPS) is 11.6. The second kappa shape index (κ2) is 10.9. The first-order chi connectivity index (χ1) is 16.2. The summed E-state index contributed by atoms with van der Waals surface area (Å²) in [6.45, 7) is 12.9. The van der Waals surface area contributed by atoms with E-state index in [1.54, 1.807) is 28.3 Å². The Balaban J connectivity index is 2.17. The van der Waals surface area contributed by atoms with E-state index in [0.29, 0.717) is 35.2 Å². The lowest BCUT2D eigenvalue weighted by Gasteiger charge is -2.18. The minimum absolute atomic E-state index is 0.239. The zero-order valence-electron chi connectivity index (χ0n) is 20.9. The van der Waals surface area contributed by atoms with Crippen molar-refractivity contribution in [3.63, 3.8) is 0 Å². The van der Waals surface area contributed by atoms with Gasteiger partial charge in [-0.05, 0) is 63.7 Å². The highest BCUT2D eigenvalue weighted by Gasteiger charge is 2.27. The second-order valence-corrected chi connectivity index (χ2v) is 8.55. The molecule has 0 aliphatic carbocycles. The summed E-state index contributed by atoms with van der Waals surface area (Å²) in [5.74, 6) is -0.383. The number of pyridine rings is 1. The number of carbonyl (C=O) groups is 1. The van der Waals surface area contributed by atoms with Crippen molar-refractivity contribution in [3.05, 3.63) is 57.9 Å². The van der Waals surface area contributed by atoms with Crippen LogP contribution in [-0.2, 0) is 13.5 Å². The molecule has 0 radical (unpaired) electrons. The molecule has 1 N–H and O–H groups in total. The highest BCUT2D eigenvalue weighted by atomic mass is 19.1. The van der Waals surface area contributed by atoms with Crippen LogP contribution in [0.25, 0.3) is 16.6 Å². The lowest BCUT2D eigenvalue weighted by atomic mass is 10.2. The molecule has 0 saturated carbocycles. The van der Waals surface area contributed by atoms with E-state index in [4.69, 9.17) is 4.74 Å². The average Bonchev–Trinajstić information content (AvgIpc) is 3.08. The lowest BCUT2D eigenvalue weighted by molar-refractivity contribution is 0.0935. The van der Waals surface area contributed by atoms with Crippen molar-refractivity contribution in [2.24, 2.45) is 7.05 Å². The molecular formula is C26H35FN4O3. The molecule has 34 heavy (non-hydrogen) atoms. The minimum Gasteiger partial charge on any atom is -0.488 e. The van der Waals surface area contributed by atoms with Crippen molar-refractivity contribution < 1.29 is 13.9 Å². The first kappa shape index (κ1) is 25.5. The van der Waals surface area contributed by atoms with E-state index in [-0.39, 0.29) is 29.1 Å². The van der Waals surface area contributed by atoms with Gasteiger partial charge in [0.15, 0.2) is 11.4 Å². The van der Waals surface area contributed by atoms with Crippen molar-refractivity contribution in [2.45, 2.75) is 47.1 Å². The predicted molar refractivity (Wildman–Crippen MR) is 134 cm³/mol. The van der Waals surface area contributed by atoms with E-state index < -0.39 is 0 Å². The molecule has 0 aliphatic rings. The summed E-state index contributed by atoms with van der Waals surface area (Å²) in [4.78, 5) is 29.3. The Kier molecular flexibility index (Phi) is 8.15. The van der Waals surface area contributed by atoms with Crippen LogP contribution in [-0.4, -0.2) is 52.2 Å². The maximum Gasteiger partial charge on any atom is 0.271 e. The van der Waals surface area contributed by atoms with Crippen LogP contribution in [0.4, 0.5) is 4.39 Å². The van der Waals surface area contributed by atoms with E-state index in [0.717, 1.165) is 25.3 Å². The van der Waals surface area contributed by atoms with Gasteiger partial charge < -0.3 is 19.5 Å². The van der Waals surface area contributed by atoms with Gasteiger partial charge >= 0.3 is 0 Å². The van der Waals surface area contributed by atoms with Gasteiger partial charge in [-0.2, -0.15) is 0 Å². The van der Waals surface area contributed by atoms with Crippen molar-refractivity contribution in [3.8, 4) is 11.4 Å². The molecule has 1 aromatic carbocycles. The van der Waals surface area contributed by atoms with E-state index in [9.17, 15) is 14.0 Å². The zero-order chi connectivity index (χ0) is 25.0. The number of fused-ring (bicyclic) bond motifs is 1. The van der Waals surface area contributed by atoms with Gasteiger partial charge in [0.05, 0.1) is 11.6 Å². The third-order valence-corrected chi connectivity index (χ3v) is 6.03. The largest absolute Gasteiger partial charge is 0.488 e. The number of ether oxygens (including phenoxy) is 1. The van der Waals surface area contributed by atoms with Crippen molar-refractivity contribution >= 4 is 16.8 Å². The third kappa shape index (κ3) is 5.01. The van der Waals surface area contributed by atoms with Crippen LogP contribution in [0.3, 0.4) is 0 Å². The fourth-order valence-electron chi connectivity index (χ4n) is 4.21. The zero-order valence-corrected chi connectivity index (χ0v) is 20.9. The fraction of sp³-hybridized carbons (Fsp3) is 0.462. The van der Waals surface area contributed by atoms with Gasteiger partial charge in [-0.15, -0.1) is 0 Å². The Morgan fingerprint density at radius 2 is 1.79 bits per heavy atom. The maximum absolute atomic E-state index is 13.8. The number of amides is 1. The standard InChI is InChI=1S/C26H35FN4O3/c1-7-19-16-21-22(26(33)31(19)20-12-10-18(27)11-13-20)24(34-17(4)5)23(29(21)6)25(32)28-14-15-30(8-2)9-3/h10-13,16-17H,7-9,14-15H2,1-6H3,(H,28,32). The number of hydrogen-bond donors (Lipinski definition) is 1. The van der Waals surface area contributed by atoms with Crippen LogP contribution in [0.5, 0.6) is 5.75 Å². The molecule has 0 atom stereocenters. The molecule has 7 nitrogen and oxygen atoms in total. The Morgan fingerprint density at radius 3 is 2.35 bits per heavy atom. The first-order valence-corrected chi connectivity index (χ1v) is 11.9. The first-order valence-electron chi connectivity index (χ1n) is 11.9. The van der Waals surface area contributed by atoms with Gasteiger partial charge in [0.1, 0.15) is 11.2 Å². The Hall–Kier alpha value is -3.13. The minimum atomic E-state index is -0.372. The number of rotatable bonds is 10. The fourth-order valence-corrected chi connectivity index (χ4v) is 4.21. The van der Waals surface area contributed by atoms with Crippen molar-refractivity contribution in [1.82, 2.24) is 19.4 Å². The van der Waals surface area contributed by atoms with Gasteiger partial charge in [-0.25, -0.2) is 4.39 Å². The van der Waals surface area contributed by atoms with Gasteiger partial charge in [0, 0.05) is 31.5 Å². The van der Waals surface area contributed by atoms with Gasteiger partial charge in [-0.3, -0.25) is 14.2 Å². The predicted octanol–water partition coefficient (Wildman–Crippen LogP) is 3.89. The average molecular weight is 471 g/mol. The van der Waals surface area contributed by atoms with Gasteiger partial charge in [0.25, 0.3) is 11.5 Å². The van der Waals surface area contributed by atoms with E-state index in [1.165, 1.54) is 12.1 Å². The lowest BCUT2D eigenvalue weighted by Crippen LogP contribution is -2.35. The Morgan fingerprint density at radius 1 is 1.15 bits per heavy atom. The van der Waals surface area contributed by atoms with Crippen molar-refractivity contribution in [1.29, 1.82) is 0 Å². The molecule has 2 heterocycles. The van der Waals surface area contributed by atoms with E-state index >= 15 is 0 Å².